The second-order valence-electron chi connectivity index (χ2n) is 5.22. The van der Waals surface area contributed by atoms with Crippen molar-refractivity contribution >= 4 is 27.2 Å². The molecule has 1 fully saturated rings. The molecular weight excluding hydrogens is 357 g/mol. The van der Waals surface area contributed by atoms with Crippen LogP contribution in [0.2, 0.25) is 0 Å². The fraction of sp³-hybridized carbons (Fsp3) is 0.357. The van der Waals surface area contributed by atoms with Crippen LogP contribution in [0.25, 0.3) is 0 Å². The van der Waals surface area contributed by atoms with E-state index in [2.05, 4.69) is 4.72 Å². The van der Waals surface area contributed by atoms with Gasteiger partial charge in [-0.3, -0.25) is 9.52 Å². The molecule has 0 saturated carbocycles. The third-order valence-corrected chi connectivity index (χ3v) is 5.82. The Morgan fingerprint density at radius 2 is 2.04 bits per heavy atom. The molecule has 0 amide bonds. The average Bonchev–Trinajstić information content (AvgIpc) is 2.96. The van der Waals surface area contributed by atoms with E-state index in [1.807, 2.05) is 0 Å². The highest BCUT2D eigenvalue weighted by Crippen LogP contribution is 2.21. The van der Waals surface area contributed by atoms with Gasteiger partial charge in [-0.25, -0.2) is 4.39 Å². The molecule has 1 aromatic heterocycles. The first kappa shape index (κ1) is 17.1. The molecule has 1 saturated heterocycles. The average molecular weight is 373 g/mol. The Morgan fingerprint density at radius 1 is 1.29 bits per heavy atom. The van der Waals surface area contributed by atoms with Crippen LogP contribution in [0.15, 0.2) is 34.6 Å². The van der Waals surface area contributed by atoms with Crippen LogP contribution in [-0.2, 0) is 21.5 Å². The van der Waals surface area contributed by atoms with E-state index in [0.717, 1.165) is 11.3 Å². The zero-order valence-corrected chi connectivity index (χ0v) is 14.3. The fourth-order valence-corrected chi connectivity index (χ4v) is 4.20. The molecule has 1 aliphatic rings. The van der Waals surface area contributed by atoms with Gasteiger partial charge in [0.1, 0.15) is 5.82 Å². The summed E-state index contributed by atoms with van der Waals surface area (Å²) in [7, 11) is -3.76. The number of nitrogens with zero attached hydrogens (tertiary/aromatic N) is 2. The minimum absolute atomic E-state index is 0.0844. The van der Waals surface area contributed by atoms with Crippen LogP contribution in [0, 0.1) is 5.82 Å². The molecule has 1 aromatic carbocycles. The van der Waals surface area contributed by atoms with Crippen LogP contribution in [0.3, 0.4) is 0 Å². The molecule has 2 aromatic rings. The van der Waals surface area contributed by atoms with Crippen molar-refractivity contribution in [3.05, 3.63) is 50.8 Å². The minimum Gasteiger partial charge on any atom is -0.379 e. The summed E-state index contributed by atoms with van der Waals surface area (Å²) in [5.74, 6) is -0.498. The monoisotopic (exact) mass is 373 g/mol. The molecule has 0 radical (unpaired) electrons. The van der Waals surface area contributed by atoms with Gasteiger partial charge in [0.2, 0.25) is 0 Å². The summed E-state index contributed by atoms with van der Waals surface area (Å²) in [6.45, 7) is 1.27. The quantitative estimate of drug-likeness (QED) is 0.851. The van der Waals surface area contributed by atoms with Crippen molar-refractivity contribution in [2.45, 2.75) is 6.54 Å². The Labute approximate surface area is 142 Å². The zero-order chi connectivity index (χ0) is 17.2. The molecule has 0 unspecified atom stereocenters. The van der Waals surface area contributed by atoms with Crippen molar-refractivity contribution in [2.75, 3.05) is 31.0 Å². The summed E-state index contributed by atoms with van der Waals surface area (Å²) >= 11 is 1.02. The summed E-state index contributed by atoms with van der Waals surface area (Å²) < 4.78 is 48.8. The van der Waals surface area contributed by atoms with E-state index in [1.54, 1.807) is 11.6 Å². The van der Waals surface area contributed by atoms with Crippen molar-refractivity contribution in [3.8, 4) is 0 Å². The lowest BCUT2D eigenvalue weighted by Crippen LogP contribution is -2.43. The molecule has 3 rings (SSSR count). The number of morpholine rings is 1. The normalized spacial score (nSPS) is 16.2. The Morgan fingerprint density at radius 3 is 2.71 bits per heavy atom. The summed E-state index contributed by atoms with van der Waals surface area (Å²) in [6.07, 6.45) is 1.58. The summed E-state index contributed by atoms with van der Waals surface area (Å²) in [5, 5.41) is 1.62. The van der Waals surface area contributed by atoms with Gasteiger partial charge in [0.25, 0.3) is 0 Å². The maximum atomic E-state index is 13.6. The molecule has 7 nitrogen and oxygen atoms in total. The first-order chi connectivity index (χ1) is 11.5. The van der Waals surface area contributed by atoms with Crippen LogP contribution in [-0.4, -0.2) is 43.6 Å². The number of aromatic nitrogens is 1. The van der Waals surface area contributed by atoms with Crippen LogP contribution < -0.4 is 9.60 Å². The van der Waals surface area contributed by atoms with Gasteiger partial charge in [-0.1, -0.05) is 11.3 Å². The highest BCUT2D eigenvalue weighted by molar-refractivity contribution is 7.90. The topological polar surface area (TPSA) is 80.6 Å². The molecule has 0 aliphatic carbocycles. The maximum Gasteiger partial charge on any atom is 0.307 e. The third kappa shape index (κ3) is 3.83. The Balaban J connectivity index is 1.87. The van der Waals surface area contributed by atoms with Crippen molar-refractivity contribution < 1.29 is 17.5 Å². The van der Waals surface area contributed by atoms with Gasteiger partial charge in [-0.15, -0.1) is 0 Å². The number of hydrogen-bond acceptors (Lipinski definition) is 5. The van der Waals surface area contributed by atoms with Crippen LogP contribution in [0.5, 0.6) is 0 Å². The second kappa shape index (κ2) is 7.01. The molecule has 10 heteroatoms. The van der Waals surface area contributed by atoms with Crippen LogP contribution in [0.4, 0.5) is 10.1 Å². The lowest BCUT2D eigenvalue weighted by Gasteiger charge is -2.26. The number of thiazole rings is 1. The van der Waals surface area contributed by atoms with Gasteiger partial charge in [0.05, 0.1) is 25.4 Å². The van der Waals surface area contributed by atoms with Gasteiger partial charge in [-0.2, -0.15) is 12.7 Å². The number of halogens is 1. The third-order valence-electron chi connectivity index (χ3n) is 3.60. The van der Waals surface area contributed by atoms with E-state index >= 15 is 0 Å². The molecule has 24 heavy (non-hydrogen) atoms. The summed E-state index contributed by atoms with van der Waals surface area (Å²) in [6, 6.07) is 3.76. The molecule has 0 atom stereocenters. The SMILES string of the molecule is O=c1sccn1Cc1cc(F)ccc1NS(=O)(=O)N1CCOCC1. The van der Waals surface area contributed by atoms with E-state index in [4.69, 9.17) is 4.74 Å². The lowest BCUT2D eigenvalue weighted by atomic mass is 10.2. The van der Waals surface area contributed by atoms with E-state index in [0.29, 0.717) is 18.8 Å². The first-order valence-corrected chi connectivity index (χ1v) is 9.56. The van der Waals surface area contributed by atoms with Gasteiger partial charge < -0.3 is 9.30 Å². The number of nitrogens with one attached hydrogen (secondary N) is 1. The Kier molecular flexibility index (Phi) is 4.99. The largest absolute Gasteiger partial charge is 0.379 e. The second-order valence-corrected chi connectivity index (χ2v) is 7.74. The molecule has 0 spiro atoms. The van der Waals surface area contributed by atoms with Gasteiger partial charge in [0.15, 0.2) is 0 Å². The van der Waals surface area contributed by atoms with E-state index < -0.39 is 16.0 Å². The summed E-state index contributed by atoms with van der Waals surface area (Å²) in [5.41, 5.74) is 0.633. The smallest absolute Gasteiger partial charge is 0.307 e. The van der Waals surface area contributed by atoms with Crippen molar-refractivity contribution in [3.63, 3.8) is 0 Å². The fourth-order valence-electron chi connectivity index (χ4n) is 2.37. The lowest BCUT2D eigenvalue weighted by molar-refractivity contribution is 0.0733. The van der Waals surface area contributed by atoms with Crippen LogP contribution in [0.1, 0.15) is 5.56 Å². The first-order valence-electron chi connectivity index (χ1n) is 7.24. The Hall–Kier alpha value is -1.75. The highest BCUT2D eigenvalue weighted by Gasteiger charge is 2.25. The number of hydrogen-bond donors (Lipinski definition) is 1. The summed E-state index contributed by atoms with van der Waals surface area (Å²) in [4.78, 5) is 11.5. The van der Waals surface area contributed by atoms with Gasteiger partial charge >= 0.3 is 15.1 Å². The number of rotatable bonds is 5. The van der Waals surface area contributed by atoms with Crippen LogP contribution >= 0.6 is 11.3 Å². The molecule has 1 N–H and O–H groups in total. The predicted octanol–water partition coefficient (Wildman–Crippen LogP) is 1.09. The number of benzene rings is 1. The zero-order valence-electron chi connectivity index (χ0n) is 12.6. The maximum absolute atomic E-state index is 13.6. The highest BCUT2D eigenvalue weighted by atomic mass is 32.2. The van der Waals surface area contributed by atoms with E-state index in [9.17, 15) is 17.6 Å². The minimum atomic E-state index is -3.76. The molecule has 130 valence electrons. The van der Waals surface area contributed by atoms with Gasteiger partial charge in [-0.05, 0) is 23.8 Å². The van der Waals surface area contributed by atoms with Crippen molar-refractivity contribution in [1.82, 2.24) is 8.87 Å². The molecular formula is C14H16FN3O4S2. The number of ether oxygens (including phenoxy) is 1. The molecule has 1 aliphatic heterocycles. The van der Waals surface area contributed by atoms with E-state index in [-0.39, 0.29) is 30.2 Å². The van der Waals surface area contributed by atoms with Crippen molar-refractivity contribution in [1.29, 1.82) is 0 Å². The van der Waals surface area contributed by atoms with Crippen molar-refractivity contribution in [2.24, 2.45) is 0 Å². The molecule has 2 heterocycles. The molecule has 0 bridgehead atoms. The predicted molar refractivity (Wildman–Crippen MR) is 89.0 cm³/mol. The number of anilines is 1. The van der Waals surface area contributed by atoms with Gasteiger partial charge in [0, 0.05) is 24.7 Å². The Bertz CT molecular complexity index is 872. The standard InChI is InChI=1S/C14H16FN3O4S2/c15-12-1-2-13(11(9-12)10-17-5-8-23-14(17)19)16-24(20,21)18-3-6-22-7-4-18/h1-2,5,8-9,16H,3-4,6-7,10H2. The van der Waals surface area contributed by atoms with E-state index in [1.165, 1.54) is 27.1 Å².